The monoisotopic (exact) mass is 321 g/mol. The Morgan fingerprint density at radius 2 is 2.05 bits per heavy atom. The van der Waals surface area contributed by atoms with E-state index >= 15 is 0 Å². The molecule has 0 radical (unpaired) electrons. The molecule has 4 heteroatoms. The molecule has 1 heterocycles. The second kappa shape index (κ2) is 6.40. The van der Waals surface area contributed by atoms with Gasteiger partial charge in [-0.05, 0) is 67.0 Å². The molecule has 19 heavy (non-hydrogen) atoms. The van der Waals surface area contributed by atoms with Crippen LogP contribution in [0.1, 0.15) is 18.4 Å². The lowest BCUT2D eigenvalue weighted by molar-refractivity contribution is 0.285. The molecular formula is C15H20BrN3. The average molecular weight is 322 g/mol. The zero-order valence-electron chi connectivity index (χ0n) is 11.6. The van der Waals surface area contributed by atoms with E-state index in [1.807, 2.05) is 12.1 Å². The highest BCUT2D eigenvalue weighted by atomic mass is 79.9. The van der Waals surface area contributed by atoms with Crippen molar-refractivity contribution in [1.82, 2.24) is 4.90 Å². The summed E-state index contributed by atoms with van der Waals surface area (Å²) in [6, 6.07) is 8.02. The van der Waals surface area contributed by atoms with Crippen LogP contribution in [-0.2, 0) is 0 Å². The molecule has 1 saturated heterocycles. The van der Waals surface area contributed by atoms with Gasteiger partial charge >= 0.3 is 0 Å². The summed E-state index contributed by atoms with van der Waals surface area (Å²) in [7, 11) is 4.28. The van der Waals surface area contributed by atoms with Crippen molar-refractivity contribution in [1.29, 1.82) is 5.26 Å². The first-order valence-electron chi connectivity index (χ1n) is 6.69. The molecule has 0 atom stereocenters. The Morgan fingerprint density at radius 3 is 2.58 bits per heavy atom. The molecule has 2 rings (SSSR count). The van der Waals surface area contributed by atoms with E-state index < -0.39 is 0 Å². The van der Waals surface area contributed by atoms with Crippen molar-refractivity contribution in [2.24, 2.45) is 5.92 Å². The van der Waals surface area contributed by atoms with Crippen LogP contribution < -0.4 is 4.90 Å². The second-order valence-electron chi connectivity index (χ2n) is 5.47. The summed E-state index contributed by atoms with van der Waals surface area (Å²) in [6.07, 6.45) is 2.48. The molecule has 1 aliphatic heterocycles. The van der Waals surface area contributed by atoms with Gasteiger partial charge in [-0.3, -0.25) is 0 Å². The average Bonchev–Trinajstić information content (AvgIpc) is 2.39. The first-order chi connectivity index (χ1) is 9.10. The Bertz CT molecular complexity index is 471. The van der Waals surface area contributed by atoms with Crippen molar-refractivity contribution in [3.63, 3.8) is 0 Å². The second-order valence-corrected chi connectivity index (χ2v) is 6.32. The summed E-state index contributed by atoms with van der Waals surface area (Å²) in [5, 5.41) is 8.89. The molecule has 1 aliphatic rings. The number of hydrogen-bond donors (Lipinski definition) is 0. The fourth-order valence-electron chi connectivity index (χ4n) is 2.71. The highest BCUT2D eigenvalue weighted by molar-refractivity contribution is 9.10. The van der Waals surface area contributed by atoms with Gasteiger partial charge < -0.3 is 9.80 Å². The standard InChI is InChI=1S/C15H20BrN3/c1-18(2)11-12-5-7-19(8-6-12)15-4-3-13(10-17)9-14(15)16/h3-4,9,12H,5-8,11H2,1-2H3. The van der Waals surface area contributed by atoms with Gasteiger partial charge in [-0.2, -0.15) is 5.26 Å². The number of anilines is 1. The minimum Gasteiger partial charge on any atom is -0.371 e. The predicted molar refractivity (Wildman–Crippen MR) is 82.3 cm³/mol. The molecule has 0 bridgehead atoms. The molecule has 0 unspecified atom stereocenters. The van der Waals surface area contributed by atoms with E-state index in [-0.39, 0.29) is 0 Å². The van der Waals surface area contributed by atoms with Crippen molar-refractivity contribution in [3.8, 4) is 6.07 Å². The number of halogens is 1. The zero-order chi connectivity index (χ0) is 13.8. The van der Waals surface area contributed by atoms with Crippen LogP contribution in [0.15, 0.2) is 22.7 Å². The van der Waals surface area contributed by atoms with E-state index in [1.54, 1.807) is 0 Å². The topological polar surface area (TPSA) is 30.3 Å². The van der Waals surface area contributed by atoms with Gasteiger partial charge in [0.15, 0.2) is 0 Å². The number of nitriles is 1. The summed E-state index contributed by atoms with van der Waals surface area (Å²) in [5.74, 6) is 0.809. The molecule has 1 aromatic rings. The Kier molecular flexibility index (Phi) is 4.84. The van der Waals surface area contributed by atoms with Crippen LogP contribution in [0.25, 0.3) is 0 Å². The number of benzene rings is 1. The van der Waals surface area contributed by atoms with Crippen LogP contribution in [0.5, 0.6) is 0 Å². The molecule has 0 amide bonds. The summed E-state index contributed by atoms with van der Waals surface area (Å²) in [6.45, 7) is 3.38. The van der Waals surface area contributed by atoms with Gasteiger partial charge in [0, 0.05) is 24.1 Å². The lowest BCUT2D eigenvalue weighted by atomic mass is 9.96. The van der Waals surface area contributed by atoms with Crippen LogP contribution >= 0.6 is 15.9 Å². The third-order valence-electron chi connectivity index (χ3n) is 3.66. The van der Waals surface area contributed by atoms with Crippen LogP contribution in [0.3, 0.4) is 0 Å². The lowest BCUT2D eigenvalue weighted by Crippen LogP contribution is -2.37. The van der Waals surface area contributed by atoms with Crippen LogP contribution in [0.2, 0.25) is 0 Å². The minimum absolute atomic E-state index is 0.707. The molecule has 0 aromatic heterocycles. The van der Waals surface area contributed by atoms with Crippen molar-refractivity contribution < 1.29 is 0 Å². The first kappa shape index (κ1) is 14.4. The van der Waals surface area contributed by atoms with Gasteiger partial charge in [-0.15, -0.1) is 0 Å². The number of piperidine rings is 1. The molecule has 0 spiro atoms. The number of nitrogens with zero attached hydrogens (tertiary/aromatic N) is 3. The maximum atomic E-state index is 8.89. The molecular weight excluding hydrogens is 302 g/mol. The van der Waals surface area contributed by atoms with E-state index in [9.17, 15) is 0 Å². The number of rotatable bonds is 3. The molecule has 0 saturated carbocycles. The van der Waals surface area contributed by atoms with Gasteiger partial charge in [0.05, 0.1) is 17.3 Å². The fraction of sp³-hybridized carbons (Fsp3) is 0.533. The Hall–Kier alpha value is -1.05. The van der Waals surface area contributed by atoms with Crippen molar-refractivity contribution in [2.75, 3.05) is 38.6 Å². The Morgan fingerprint density at radius 1 is 1.37 bits per heavy atom. The van der Waals surface area contributed by atoms with Crippen molar-refractivity contribution in [2.45, 2.75) is 12.8 Å². The van der Waals surface area contributed by atoms with Gasteiger partial charge in [0.2, 0.25) is 0 Å². The molecule has 1 fully saturated rings. The molecule has 0 N–H and O–H groups in total. The summed E-state index contributed by atoms with van der Waals surface area (Å²) < 4.78 is 1.03. The molecule has 102 valence electrons. The molecule has 0 aliphatic carbocycles. The van der Waals surface area contributed by atoms with Gasteiger partial charge in [-0.1, -0.05) is 0 Å². The highest BCUT2D eigenvalue weighted by Crippen LogP contribution is 2.30. The minimum atomic E-state index is 0.707. The SMILES string of the molecule is CN(C)CC1CCN(c2ccc(C#N)cc2Br)CC1. The van der Waals surface area contributed by atoms with Gasteiger partial charge in [0.1, 0.15) is 0 Å². The van der Waals surface area contributed by atoms with Crippen LogP contribution in [-0.4, -0.2) is 38.6 Å². The predicted octanol–water partition coefficient (Wildman–Crippen LogP) is 3.10. The van der Waals surface area contributed by atoms with E-state index in [1.165, 1.54) is 25.1 Å². The van der Waals surface area contributed by atoms with E-state index in [2.05, 4.69) is 52.0 Å². The maximum Gasteiger partial charge on any atom is 0.0992 e. The maximum absolute atomic E-state index is 8.89. The largest absolute Gasteiger partial charge is 0.371 e. The first-order valence-corrected chi connectivity index (χ1v) is 7.49. The highest BCUT2D eigenvalue weighted by Gasteiger charge is 2.21. The summed E-state index contributed by atoms with van der Waals surface area (Å²) in [4.78, 5) is 4.69. The van der Waals surface area contributed by atoms with Crippen molar-refractivity contribution in [3.05, 3.63) is 28.2 Å². The lowest BCUT2D eigenvalue weighted by Gasteiger charge is -2.35. The van der Waals surface area contributed by atoms with Gasteiger partial charge in [-0.25, -0.2) is 0 Å². The zero-order valence-corrected chi connectivity index (χ0v) is 13.2. The van der Waals surface area contributed by atoms with E-state index in [4.69, 9.17) is 5.26 Å². The Balaban J connectivity index is 2.00. The van der Waals surface area contributed by atoms with Crippen LogP contribution in [0, 0.1) is 17.2 Å². The van der Waals surface area contributed by atoms with E-state index in [0.29, 0.717) is 5.56 Å². The fourth-order valence-corrected chi connectivity index (χ4v) is 3.34. The number of hydrogen-bond acceptors (Lipinski definition) is 3. The normalized spacial score (nSPS) is 16.7. The van der Waals surface area contributed by atoms with Gasteiger partial charge in [0.25, 0.3) is 0 Å². The van der Waals surface area contributed by atoms with E-state index in [0.717, 1.165) is 23.5 Å². The molecule has 1 aromatic carbocycles. The Labute approximate surface area is 123 Å². The summed E-state index contributed by atoms with van der Waals surface area (Å²) >= 11 is 3.58. The smallest absolute Gasteiger partial charge is 0.0992 e. The third-order valence-corrected chi connectivity index (χ3v) is 4.29. The van der Waals surface area contributed by atoms with Crippen molar-refractivity contribution >= 4 is 21.6 Å². The quantitative estimate of drug-likeness (QED) is 0.857. The van der Waals surface area contributed by atoms with Crippen LogP contribution in [0.4, 0.5) is 5.69 Å². The third kappa shape index (κ3) is 3.71. The summed E-state index contributed by atoms with van der Waals surface area (Å²) in [5.41, 5.74) is 1.92. The molecule has 3 nitrogen and oxygen atoms in total.